The van der Waals surface area contributed by atoms with E-state index in [-0.39, 0.29) is 11.8 Å². The Morgan fingerprint density at radius 1 is 1.22 bits per heavy atom. The Labute approximate surface area is 134 Å². The number of anilines is 2. The first kappa shape index (κ1) is 15.1. The highest BCUT2D eigenvalue weighted by molar-refractivity contribution is 6.06. The molecule has 0 aromatic heterocycles. The van der Waals surface area contributed by atoms with Crippen molar-refractivity contribution in [3.63, 3.8) is 0 Å². The topological polar surface area (TPSA) is 67.4 Å². The lowest BCUT2D eigenvalue weighted by atomic mass is 10.1. The van der Waals surface area contributed by atoms with E-state index in [9.17, 15) is 9.59 Å². The van der Waals surface area contributed by atoms with E-state index in [4.69, 9.17) is 4.74 Å². The number of hydrogen-bond donors (Lipinski definition) is 2. The molecular formula is C18H18N2O3. The van der Waals surface area contributed by atoms with E-state index in [2.05, 4.69) is 10.6 Å². The van der Waals surface area contributed by atoms with Crippen LogP contribution in [0.15, 0.2) is 36.4 Å². The molecule has 2 aromatic rings. The zero-order valence-electron chi connectivity index (χ0n) is 13.3. The molecule has 0 spiro atoms. The van der Waals surface area contributed by atoms with Crippen molar-refractivity contribution in [2.45, 2.75) is 26.9 Å². The lowest BCUT2D eigenvalue weighted by molar-refractivity contribution is -0.122. The summed E-state index contributed by atoms with van der Waals surface area (Å²) in [6, 6.07) is 10.8. The van der Waals surface area contributed by atoms with Crippen LogP contribution in [-0.4, -0.2) is 17.9 Å². The van der Waals surface area contributed by atoms with Gasteiger partial charge < -0.3 is 15.4 Å². The van der Waals surface area contributed by atoms with Gasteiger partial charge in [0.1, 0.15) is 5.75 Å². The van der Waals surface area contributed by atoms with Crippen molar-refractivity contribution in [3.8, 4) is 5.75 Å². The molecule has 5 nitrogen and oxygen atoms in total. The minimum atomic E-state index is -0.570. The Bertz CT molecular complexity index is 799. The van der Waals surface area contributed by atoms with Crippen molar-refractivity contribution in [2.75, 3.05) is 10.6 Å². The first-order chi connectivity index (χ1) is 11.0. The molecular weight excluding hydrogens is 292 g/mol. The number of hydrogen-bond acceptors (Lipinski definition) is 3. The highest BCUT2D eigenvalue weighted by Crippen LogP contribution is 2.31. The molecule has 0 fully saturated rings. The Morgan fingerprint density at radius 2 is 2.00 bits per heavy atom. The van der Waals surface area contributed by atoms with E-state index >= 15 is 0 Å². The Hall–Kier alpha value is -2.82. The average molecular weight is 310 g/mol. The van der Waals surface area contributed by atoms with Crippen LogP contribution in [0.2, 0.25) is 0 Å². The average Bonchev–Trinajstić information content (AvgIpc) is 2.52. The van der Waals surface area contributed by atoms with Crippen LogP contribution < -0.4 is 15.4 Å². The van der Waals surface area contributed by atoms with Crippen molar-refractivity contribution in [1.82, 2.24) is 0 Å². The summed E-state index contributed by atoms with van der Waals surface area (Å²) in [6.07, 6.45) is -0.570. The van der Waals surface area contributed by atoms with Gasteiger partial charge in [-0.3, -0.25) is 9.59 Å². The van der Waals surface area contributed by atoms with Gasteiger partial charge in [-0.25, -0.2) is 0 Å². The summed E-state index contributed by atoms with van der Waals surface area (Å²) in [7, 11) is 0. The molecule has 5 heteroatoms. The monoisotopic (exact) mass is 310 g/mol. The summed E-state index contributed by atoms with van der Waals surface area (Å²) >= 11 is 0. The number of aryl methyl sites for hydroxylation is 1. The molecule has 1 atom stereocenters. The zero-order valence-corrected chi connectivity index (χ0v) is 13.3. The van der Waals surface area contributed by atoms with Crippen LogP contribution in [0.4, 0.5) is 11.4 Å². The minimum Gasteiger partial charge on any atom is -0.479 e. The fraction of sp³-hybridized carbons (Fsp3) is 0.222. The number of benzene rings is 2. The first-order valence-corrected chi connectivity index (χ1v) is 7.45. The number of amides is 2. The molecule has 1 aliphatic heterocycles. The summed E-state index contributed by atoms with van der Waals surface area (Å²) in [4.78, 5) is 24.0. The molecule has 0 aliphatic carbocycles. The molecule has 0 saturated heterocycles. The van der Waals surface area contributed by atoms with E-state index in [1.54, 1.807) is 25.1 Å². The maximum Gasteiger partial charge on any atom is 0.265 e. The summed E-state index contributed by atoms with van der Waals surface area (Å²) in [5.74, 6) is 0.102. The van der Waals surface area contributed by atoms with Crippen LogP contribution in [0.3, 0.4) is 0 Å². The summed E-state index contributed by atoms with van der Waals surface area (Å²) < 4.78 is 5.54. The Balaban J connectivity index is 1.85. The standard InChI is InChI=1S/C18H18N2O3/c1-10-5-4-6-14(11(10)2)19-18(22)13-7-8-15-16(9-13)23-12(3)17(21)20-15/h4-9,12H,1-3H3,(H,19,22)(H,20,21). The van der Waals surface area contributed by atoms with Crippen molar-refractivity contribution >= 4 is 23.2 Å². The highest BCUT2D eigenvalue weighted by Gasteiger charge is 2.24. The van der Waals surface area contributed by atoms with Crippen LogP contribution in [0.25, 0.3) is 0 Å². The quantitative estimate of drug-likeness (QED) is 0.894. The third kappa shape index (κ3) is 2.90. The minimum absolute atomic E-state index is 0.190. The molecule has 0 bridgehead atoms. The third-order valence-electron chi connectivity index (χ3n) is 4.03. The predicted molar refractivity (Wildman–Crippen MR) is 89.0 cm³/mol. The van der Waals surface area contributed by atoms with Crippen molar-refractivity contribution < 1.29 is 14.3 Å². The lowest BCUT2D eigenvalue weighted by Gasteiger charge is -2.23. The number of carbonyl (C=O) groups excluding carboxylic acids is 2. The second-order valence-electron chi connectivity index (χ2n) is 5.66. The molecule has 1 heterocycles. The molecule has 2 N–H and O–H groups in total. The van der Waals surface area contributed by atoms with Crippen molar-refractivity contribution in [1.29, 1.82) is 0 Å². The number of ether oxygens (including phenoxy) is 1. The van der Waals surface area contributed by atoms with Gasteiger partial charge >= 0.3 is 0 Å². The highest BCUT2D eigenvalue weighted by atomic mass is 16.5. The van der Waals surface area contributed by atoms with Crippen molar-refractivity contribution in [2.24, 2.45) is 0 Å². The summed E-state index contributed by atoms with van der Waals surface area (Å²) in [5.41, 5.74) is 4.00. The van der Waals surface area contributed by atoms with E-state index in [0.717, 1.165) is 16.8 Å². The Morgan fingerprint density at radius 3 is 2.78 bits per heavy atom. The van der Waals surface area contributed by atoms with Gasteiger partial charge in [0, 0.05) is 11.3 Å². The van der Waals surface area contributed by atoms with Gasteiger partial charge in [-0.05, 0) is 56.2 Å². The number of fused-ring (bicyclic) bond motifs is 1. The molecule has 0 saturated carbocycles. The fourth-order valence-corrected chi connectivity index (χ4v) is 2.42. The number of carbonyl (C=O) groups is 2. The molecule has 23 heavy (non-hydrogen) atoms. The van der Waals surface area contributed by atoms with E-state index in [1.807, 2.05) is 32.0 Å². The van der Waals surface area contributed by atoms with Crippen LogP contribution in [0, 0.1) is 13.8 Å². The van der Waals surface area contributed by atoms with Crippen LogP contribution in [-0.2, 0) is 4.79 Å². The van der Waals surface area contributed by atoms with Crippen LogP contribution in [0.1, 0.15) is 28.4 Å². The fourth-order valence-electron chi connectivity index (χ4n) is 2.42. The SMILES string of the molecule is Cc1cccc(NC(=O)c2ccc3c(c2)OC(C)C(=O)N3)c1C. The predicted octanol–water partition coefficient (Wildman–Crippen LogP) is 3.28. The van der Waals surface area contributed by atoms with Gasteiger partial charge in [-0.15, -0.1) is 0 Å². The van der Waals surface area contributed by atoms with Gasteiger partial charge in [0.15, 0.2) is 6.10 Å². The number of rotatable bonds is 2. The lowest BCUT2D eigenvalue weighted by Crippen LogP contribution is -2.34. The van der Waals surface area contributed by atoms with Crippen LogP contribution in [0.5, 0.6) is 5.75 Å². The van der Waals surface area contributed by atoms with Gasteiger partial charge in [-0.2, -0.15) is 0 Å². The van der Waals surface area contributed by atoms with E-state index in [1.165, 1.54) is 0 Å². The maximum atomic E-state index is 12.5. The number of nitrogens with one attached hydrogen (secondary N) is 2. The molecule has 2 amide bonds. The third-order valence-corrected chi connectivity index (χ3v) is 4.03. The van der Waals surface area contributed by atoms with E-state index in [0.29, 0.717) is 17.0 Å². The van der Waals surface area contributed by atoms with Gasteiger partial charge in [0.05, 0.1) is 5.69 Å². The summed E-state index contributed by atoms with van der Waals surface area (Å²) in [6.45, 7) is 5.64. The maximum absolute atomic E-state index is 12.5. The molecule has 0 radical (unpaired) electrons. The van der Waals surface area contributed by atoms with Gasteiger partial charge in [0.25, 0.3) is 11.8 Å². The normalized spacial score (nSPS) is 16.1. The van der Waals surface area contributed by atoms with E-state index < -0.39 is 6.10 Å². The smallest absolute Gasteiger partial charge is 0.265 e. The molecule has 2 aromatic carbocycles. The summed E-state index contributed by atoms with van der Waals surface area (Å²) in [5, 5.41) is 5.66. The molecule has 1 unspecified atom stereocenters. The largest absolute Gasteiger partial charge is 0.479 e. The van der Waals surface area contributed by atoms with Gasteiger partial charge in [0.2, 0.25) is 0 Å². The molecule has 1 aliphatic rings. The first-order valence-electron chi connectivity index (χ1n) is 7.45. The second kappa shape index (κ2) is 5.76. The van der Waals surface area contributed by atoms with Crippen LogP contribution >= 0.6 is 0 Å². The molecule has 118 valence electrons. The zero-order chi connectivity index (χ0) is 16.6. The Kier molecular flexibility index (Phi) is 3.78. The van der Waals surface area contributed by atoms with Gasteiger partial charge in [-0.1, -0.05) is 12.1 Å². The van der Waals surface area contributed by atoms with Crippen molar-refractivity contribution in [3.05, 3.63) is 53.1 Å². The molecule has 3 rings (SSSR count). The second-order valence-corrected chi connectivity index (χ2v) is 5.66.